The molecular weight excluding hydrogens is 250 g/mol. The third-order valence-electron chi connectivity index (χ3n) is 3.96. The first kappa shape index (κ1) is 14.9. The number of anilines is 1. The van der Waals surface area contributed by atoms with Gasteiger partial charge in [-0.3, -0.25) is 4.79 Å². The highest BCUT2D eigenvalue weighted by Gasteiger charge is 2.43. The van der Waals surface area contributed by atoms with Crippen LogP contribution in [0, 0.1) is 0 Å². The zero-order chi connectivity index (χ0) is 14.8. The summed E-state index contributed by atoms with van der Waals surface area (Å²) in [4.78, 5) is 12.8. The molecule has 0 radical (unpaired) electrons. The SMILES string of the molecule is CC(C)(C)OC(=O)C1(c2ccc(N)cc2)CCCCC1. The van der Waals surface area contributed by atoms with Gasteiger partial charge >= 0.3 is 5.97 Å². The Balaban J connectivity index is 2.35. The van der Waals surface area contributed by atoms with Crippen LogP contribution < -0.4 is 5.73 Å². The number of nitrogens with two attached hydrogens (primary N) is 1. The number of benzene rings is 1. The van der Waals surface area contributed by atoms with Gasteiger partial charge in [-0.05, 0) is 51.3 Å². The normalized spacial score (nSPS) is 18.6. The number of hydrogen-bond acceptors (Lipinski definition) is 3. The summed E-state index contributed by atoms with van der Waals surface area (Å²) in [6.07, 6.45) is 5.07. The van der Waals surface area contributed by atoms with Crippen LogP contribution in [0.1, 0.15) is 58.4 Å². The lowest BCUT2D eigenvalue weighted by atomic mass is 9.69. The van der Waals surface area contributed by atoms with Crippen molar-refractivity contribution in [3.8, 4) is 0 Å². The molecule has 110 valence electrons. The first-order chi connectivity index (χ1) is 9.33. The van der Waals surface area contributed by atoms with E-state index in [-0.39, 0.29) is 5.97 Å². The molecule has 1 aromatic rings. The molecule has 1 aliphatic rings. The Labute approximate surface area is 121 Å². The minimum Gasteiger partial charge on any atom is -0.459 e. The highest BCUT2D eigenvalue weighted by molar-refractivity contribution is 5.84. The van der Waals surface area contributed by atoms with Crippen molar-refractivity contribution in [2.45, 2.75) is 63.9 Å². The van der Waals surface area contributed by atoms with E-state index in [4.69, 9.17) is 10.5 Å². The molecule has 0 saturated heterocycles. The van der Waals surface area contributed by atoms with E-state index in [1.807, 2.05) is 45.0 Å². The molecule has 0 unspecified atom stereocenters. The van der Waals surface area contributed by atoms with E-state index in [1.165, 1.54) is 6.42 Å². The van der Waals surface area contributed by atoms with E-state index in [9.17, 15) is 4.79 Å². The molecule has 1 aromatic carbocycles. The molecule has 1 fully saturated rings. The second-order valence-corrected chi connectivity index (χ2v) is 6.77. The number of nitrogen functional groups attached to an aromatic ring is 1. The molecule has 0 aromatic heterocycles. The fourth-order valence-electron chi connectivity index (χ4n) is 2.94. The zero-order valence-electron chi connectivity index (χ0n) is 12.7. The first-order valence-corrected chi connectivity index (χ1v) is 7.43. The van der Waals surface area contributed by atoms with Gasteiger partial charge in [0.25, 0.3) is 0 Å². The van der Waals surface area contributed by atoms with Gasteiger partial charge in [-0.15, -0.1) is 0 Å². The van der Waals surface area contributed by atoms with Gasteiger partial charge in [-0.25, -0.2) is 0 Å². The van der Waals surface area contributed by atoms with E-state index >= 15 is 0 Å². The molecule has 20 heavy (non-hydrogen) atoms. The van der Waals surface area contributed by atoms with E-state index in [0.717, 1.165) is 36.9 Å². The standard InChI is InChI=1S/C17H25NO2/c1-16(2,3)20-15(19)17(11-5-4-6-12-17)13-7-9-14(18)10-8-13/h7-10H,4-6,11-12,18H2,1-3H3. The predicted molar refractivity (Wildman–Crippen MR) is 81.5 cm³/mol. The summed E-state index contributed by atoms with van der Waals surface area (Å²) < 4.78 is 5.70. The van der Waals surface area contributed by atoms with Crippen LogP contribution in [0.5, 0.6) is 0 Å². The Morgan fingerprint density at radius 3 is 2.15 bits per heavy atom. The summed E-state index contributed by atoms with van der Waals surface area (Å²) >= 11 is 0. The number of carbonyl (C=O) groups is 1. The Bertz CT molecular complexity index is 465. The van der Waals surface area contributed by atoms with Crippen LogP contribution in [-0.4, -0.2) is 11.6 Å². The average Bonchev–Trinajstić information content (AvgIpc) is 2.38. The summed E-state index contributed by atoms with van der Waals surface area (Å²) in [6.45, 7) is 5.76. The molecule has 3 nitrogen and oxygen atoms in total. The summed E-state index contributed by atoms with van der Waals surface area (Å²) in [5.41, 5.74) is 6.59. The van der Waals surface area contributed by atoms with E-state index in [2.05, 4.69) is 0 Å². The second kappa shape index (κ2) is 5.47. The zero-order valence-corrected chi connectivity index (χ0v) is 12.7. The Kier molecular flexibility index (Phi) is 4.07. The largest absolute Gasteiger partial charge is 0.459 e. The molecular formula is C17H25NO2. The van der Waals surface area contributed by atoms with Gasteiger partial charge in [0.05, 0.1) is 5.41 Å². The molecule has 1 aliphatic carbocycles. The second-order valence-electron chi connectivity index (χ2n) is 6.77. The van der Waals surface area contributed by atoms with Gasteiger partial charge in [-0.2, -0.15) is 0 Å². The van der Waals surface area contributed by atoms with Crippen molar-refractivity contribution in [1.82, 2.24) is 0 Å². The lowest BCUT2D eigenvalue weighted by Crippen LogP contribution is -2.42. The van der Waals surface area contributed by atoms with Gasteiger partial charge in [-0.1, -0.05) is 31.4 Å². The molecule has 0 heterocycles. The molecule has 2 N–H and O–H groups in total. The van der Waals surface area contributed by atoms with Crippen molar-refractivity contribution in [2.75, 3.05) is 5.73 Å². The lowest BCUT2D eigenvalue weighted by Gasteiger charge is -2.37. The molecule has 0 amide bonds. The van der Waals surface area contributed by atoms with Crippen molar-refractivity contribution in [3.63, 3.8) is 0 Å². The molecule has 3 heteroatoms. The van der Waals surface area contributed by atoms with E-state index in [1.54, 1.807) is 0 Å². The van der Waals surface area contributed by atoms with Crippen LogP contribution in [0.4, 0.5) is 5.69 Å². The average molecular weight is 275 g/mol. The van der Waals surface area contributed by atoms with Gasteiger partial charge in [0.15, 0.2) is 0 Å². The summed E-state index contributed by atoms with van der Waals surface area (Å²) in [5, 5.41) is 0. The van der Waals surface area contributed by atoms with Crippen LogP contribution in [0.3, 0.4) is 0 Å². The Morgan fingerprint density at radius 2 is 1.65 bits per heavy atom. The van der Waals surface area contributed by atoms with Gasteiger partial charge in [0.1, 0.15) is 5.60 Å². The number of esters is 1. The highest BCUT2D eigenvalue weighted by Crippen LogP contribution is 2.41. The monoisotopic (exact) mass is 275 g/mol. The van der Waals surface area contributed by atoms with E-state index in [0.29, 0.717) is 0 Å². The number of hydrogen-bond donors (Lipinski definition) is 1. The van der Waals surface area contributed by atoms with Gasteiger partial charge in [0.2, 0.25) is 0 Å². The summed E-state index contributed by atoms with van der Waals surface area (Å²) in [5.74, 6) is -0.0885. The topological polar surface area (TPSA) is 52.3 Å². The third kappa shape index (κ3) is 3.14. The van der Waals surface area contributed by atoms with Crippen LogP contribution in [0.15, 0.2) is 24.3 Å². The lowest BCUT2D eigenvalue weighted by molar-refractivity contribution is -0.163. The maximum atomic E-state index is 12.8. The maximum Gasteiger partial charge on any atom is 0.317 e. The minimum atomic E-state index is -0.487. The summed E-state index contributed by atoms with van der Waals surface area (Å²) in [6, 6.07) is 7.70. The van der Waals surface area contributed by atoms with Gasteiger partial charge < -0.3 is 10.5 Å². The van der Waals surface area contributed by atoms with Crippen molar-refractivity contribution in [2.24, 2.45) is 0 Å². The molecule has 0 bridgehead atoms. The number of carbonyl (C=O) groups excluding carboxylic acids is 1. The van der Waals surface area contributed by atoms with Crippen LogP contribution in [0.2, 0.25) is 0 Å². The molecule has 1 saturated carbocycles. The quantitative estimate of drug-likeness (QED) is 0.659. The van der Waals surface area contributed by atoms with Crippen LogP contribution in [-0.2, 0) is 14.9 Å². The van der Waals surface area contributed by atoms with Crippen LogP contribution >= 0.6 is 0 Å². The van der Waals surface area contributed by atoms with E-state index < -0.39 is 11.0 Å². The maximum absolute atomic E-state index is 12.8. The fraction of sp³-hybridized carbons (Fsp3) is 0.588. The number of ether oxygens (including phenoxy) is 1. The predicted octanol–water partition coefficient (Wildman–Crippen LogP) is 3.81. The Morgan fingerprint density at radius 1 is 1.10 bits per heavy atom. The fourth-order valence-corrected chi connectivity index (χ4v) is 2.94. The van der Waals surface area contributed by atoms with Crippen molar-refractivity contribution < 1.29 is 9.53 Å². The molecule has 2 rings (SSSR count). The highest BCUT2D eigenvalue weighted by atomic mass is 16.6. The number of rotatable bonds is 2. The first-order valence-electron chi connectivity index (χ1n) is 7.43. The molecule has 0 aliphatic heterocycles. The molecule has 0 atom stereocenters. The molecule has 0 spiro atoms. The van der Waals surface area contributed by atoms with Gasteiger partial charge in [0, 0.05) is 5.69 Å². The van der Waals surface area contributed by atoms with Crippen molar-refractivity contribution in [1.29, 1.82) is 0 Å². The smallest absolute Gasteiger partial charge is 0.317 e. The third-order valence-corrected chi connectivity index (χ3v) is 3.96. The van der Waals surface area contributed by atoms with Crippen LogP contribution in [0.25, 0.3) is 0 Å². The van der Waals surface area contributed by atoms with Crippen molar-refractivity contribution >= 4 is 11.7 Å². The Hall–Kier alpha value is -1.51. The summed E-state index contributed by atoms with van der Waals surface area (Å²) in [7, 11) is 0. The van der Waals surface area contributed by atoms with Crippen molar-refractivity contribution in [3.05, 3.63) is 29.8 Å². The minimum absolute atomic E-state index is 0.0885.